The molecule has 1 heterocycles. The number of alkyl halides is 1. The minimum absolute atomic E-state index is 0.172. The number of esters is 1. The van der Waals surface area contributed by atoms with Crippen molar-refractivity contribution in [3.05, 3.63) is 0 Å². The van der Waals surface area contributed by atoms with Crippen LogP contribution < -0.4 is 0 Å². The Morgan fingerprint density at radius 3 is 2.43 bits per heavy atom. The zero-order valence-corrected chi connectivity index (χ0v) is 10.3. The fourth-order valence-electron chi connectivity index (χ4n) is 1.75. The summed E-state index contributed by atoms with van der Waals surface area (Å²) in [5, 5.41) is 0. The predicted molar refractivity (Wildman–Crippen MR) is 59.6 cm³/mol. The number of rotatable bonds is 3. The van der Waals surface area contributed by atoms with E-state index in [2.05, 4.69) is 25.6 Å². The summed E-state index contributed by atoms with van der Waals surface area (Å²) >= 11 is 3.35. The lowest BCUT2D eigenvalue weighted by molar-refractivity contribution is -0.140. The third kappa shape index (κ3) is 3.96. The van der Waals surface area contributed by atoms with Gasteiger partial charge in [-0.3, -0.25) is 4.79 Å². The zero-order valence-electron chi connectivity index (χ0n) is 8.67. The lowest BCUT2D eigenvalue weighted by atomic mass is 10.2. The zero-order chi connectivity index (χ0) is 10.4. The Morgan fingerprint density at radius 2 is 1.93 bits per heavy atom. The van der Waals surface area contributed by atoms with Crippen LogP contribution in [0.25, 0.3) is 0 Å². The molecule has 4 heteroatoms. The summed E-state index contributed by atoms with van der Waals surface area (Å²) in [6.07, 6.45) is 5.14. The van der Waals surface area contributed by atoms with Gasteiger partial charge in [-0.25, -0.2) is 0 Å². The molecule has 0 saturated carbocycles. The number of carbonyl (C=O) groups excluding carboxylic acids is 1. The third-order valence-electron chi connectivity index (χ3n) is 2.57. The van der Waals surface area contributed by atoms with E-state index < -0.39 is 0 Å². The molecule has 0 aromatic heterocycles. The first kappa shape index (κ1) is 12.0. The van der Waals surface area contributed by atoms with Gasteiger partial charge in [0.2, 0.25) is 0 Å². The number of hydrogen-bond acceptors (Lipinski definition) is 3. The van der Waals surface area contributed by atoms with Crippen LogP contribution in [0.15, 0.2) is 0 Å². The molecule has 1 aliphatic heterocycles. The normalized spacial score (nSPS) is 21.3. The molecule has 0 radical (unpaired) electrons. The first-order valence-corrected chi connectivity index (χ1v) is 6.10. The molecule has 82 valence electrons. The van der Waals surface area contributed by atoms with Crippen LogP contribution in [0.5, 0.6) is 0 Å². The van der Waals surface area contributed by atoms with Crippen LogP contribution >= 0.6 is 15.9 Å². The quantitative estimate of drug-likeness (QED) is 0.575. The molecule has 1 fully saturated rings. The third-order valence-corrected chi connectivity index (χ3v) is 3.24. The van der Waals surface area contributed by atoms with Gasteiger partial charge in [0.05, 0.1) is 7.11 Å². The highest BCUT2D eigenvalue weighted by Crippen LogP contribution is 2.12. The van der Waals surface area contributed by atoms with Crippen LogP contribution in [0.3, 0.4) is 0 Å². The van der Waals surface area contributed by atoms with Gasteiger partial charge >= 0.3 is 5.97 Å². The van der Waals surface area contributed by atoms with Gasteiger partial charge in [-0.1, -0.05) is 28.8 Å². The van der Waals surface area contributed by atoms with Crippen molar-refractivity contribution in [1.29, 1.82) is 0 Å². The standard InChI is InChI=1S/C10H18BrNO2/c1-14-10(13)9(11)8-12-6-4-2-3-5-7-12/h9H,2-8H2,1H3. The molecule has 3 nitrogen and oxygen atoms in total. The first-order valence-electron chi connectivity index (χ1n) is 5.18. The van der Waals surface area contributed by atoms with Gasteiger partial charge in [0.1, 0.15) is 4.83 Å². The molecule has 0 bridgehead atoms. The average molecular weight is 264 g/mol. The summed E-state index contributed by atoms with van der Waals surface area (Å²) in [6.45, 7) is 2.99. The van der Waals surface area contributed by atoms with Gasteiger partial charge in [0.15, 0.2) is 0 Å². The van der Waals surface area contributed by atoms with Crippen molar-refractivity contribution < 1.29 is 9.53 Å². The summed E-state index contributed by atoms with van der Waals surface area (Å²) in [4.78, 5) is 13.3. The smallest absolute Gasteiger partial charge is 0.320 e. The Morgan fingerprint density at radius 1 is 1.36 bits per heavy atom. The molecule has 1 saturated heterocycles. The Bertz CT molecular complexity index is 179. The Kier molecular flexibility index (Phi) is 5.48. The largest absolute Gasteiger partial charge is 0.468 e. The maximum atomic E-state index is 11.2. The van der Waals surface area contributed by atoms with E-state index in [0.717, 1.165) is 19.6 Å². The van der Waals surface area contributed by atoms with E-state index >= 15 is 0 Å². The molecule has 14 heavy (non-hydrogen) atoms. The van der Waals surface area contributed by atoms with Crippen LogP contribution in [0, 0.1) is 0 Å². The maximum Gasteiger partial charge on any atom is 0.320 e. The predicted octanol–water partition coefficient (Wildman–Crippen LogP) is 1.80. The number of likely N-dealkylation sites (tertiary alicyclic amines) is 1. The van der Waals surface area contributed by atoms with E-state index in [1.165, 1.54) is 32.8 Å². The fraction of sp³-hybridized carbons (Fsp3) is 0.900. The van der Waals surface area contributed by atoms with E-state index in [9.17, 15) is 4.79 Å². The van der Waals surface area contributed by atoms with E-state index in [0.29, 0.717) is 0 Å². The number of carbonyl (C=O) groups is 1. The first-order chi connectivity index (χ1) is 6.74. The molecule has 0 aliphatic carbocycles. The highest BCUT2D eigenvalue weighted by molar-refractivity contribution is 9.10. The molecular formula is C10H18BrNO2. The molecule has 1 aliphatic rings. The summed E-state index contributed by atoms with van der Waals surface area (Å²) < 4.78 is 4.67. The van der Waals surface area contributed by atoms with Crippen LogP contribution in [0.1, 0.15) is 25.7 Å². The molecule has 0 N–H and O–H groups in total. The lowest BCUT2D eigenvalue weighted by Crippen LogP contribution is -2.34. The fourth-order valence-corrected chi connectivity index (χ4v) is 2.34. The van der Waals surface area contributed by atoms with Crippen molar-refractivity contribution in [3.63, 3.8) is 0 Å². The van der Waals surface area contributed by atoms with Crippen LogP contribution in [-0.4, -0.2) is 42.4 Å². The highest BCUT2D eigenvalue weighted by atomic mass is 79.9. The van der Waals surface area contributed by atoms with Crippen molar-refractivity contribution in [1.82, 2.24) is 4.90 Å². The van der Waals surface area contributed by atoms with E-state index in [-0.39, 0.29) is 10.8 Å². The number of nitrogens with zero attached hydrogens (tertiary/aromatic N) is 1. The number of halogens is 1. The molecule has 1 rings (SSSR count). The summed E-state index contributed by atoms with van der Waals surface area (Å²) in [5.41, 5.74) is 0. The summed E-state index contributed by atoms with van der Waals surface area (Å²) in [7, 11) is 1.43. The maximum absolute atomic E-state index is 11.2. The average Bonchev–Trinajstić information content (AvgIpc) is 2.45. The van der Waals surface area contributed by atoms with Gasteiger partial charge in [-0.05, 0) is 25.9 Å². The SMILES string of the molecule is COC(=O)C(Br)CN1CCCCCC1. The minimum atomic E-state index is -0.175. The monoisotopic (exact) mass is 263 g/mol. The Hall–Kier alpha value is -0.0900. The van der Waals surface area contributed by atoms with E-state index in [1.54, 1.807) is 0 Å². The highest BCUT2D eigenvalue weighted by Gasteiger charge is 2.19. The number of ether oxygens (including phenoxy) is 1. The number of methoxy groups -OCH3 is 1. The molecule has 0 aromatic rings. The van der Waals surface area contributed by atoms with Gasteiger partial charge < -0.3 is 9.64 Å². The summed E-state index contributed by atoms with van der Waals surface area (Å²) in [5.74, 6) is -0.172. The van der Waals surface area contributed by atoms with Gasteiger partial charge in [0, 0.05) is 6.54 Å². The molecule has 1 atom stereocenters. The lowest BCUT2D eigenvalue weighted by Gasteiger charge is -2.21. The van der Waals surface area contributed by atoms with Gasteiger partial charge in [-0.15, -0.1) is 0 Å². The second kappa shape index (κ2) is 6.40. The van der Waals surface area contributed by atoms with Crippen LogP contribution in [0.2, 0.25) is 0 Å². The van der Waals surface area contributed by atoms with Crippen LogP contribution in [-0.2, 0) is 9.53 Å². The van der Waals surface area contributed by atoms with E-state index in [1.807, 2.05) is 0 Å². The van der Waals surface area contributed by atoms with Crippen molar-refractivity contribution in [3.8, 4) is 0 Å². The van der Waals surface area contributed by atoms with Crippen LogP contribution in [0.4, 0.5) is 0 Å². The minimum Gasteiger partial charge on any atom is -0.468 e. The molecule has 0 aromatic carbocycles. The molecule has 0 spiro atoms. The second-order valence-electron chi connectivity index (χ2n) is 3.71. The Labute approximate surface area is 93.9 Å². The summed E-state index contributed by atoms with van der Waals surface area (Å²) in [6, 6.07) is 0. The van der Waals surface area contributed by atoms with Gasteiger partial charge in [-0.2, -0.15) is 0 Å². The van der Waals surface area contributed by atoms with Crippen molar-refractivity contribution in [2.45, 2.75) is 30.5 Å². The van der Waals surface area contributed by atoms with E-state index in [4.69, 9.17) is 0 Å². The topological polar surface area (TPSA) is 29.5 Å². The molecule has 1 unspecified atom stereocenters. The Balaban J connectivity index is 2.30. The van der Waals surface area contributed by atoms with Crippen molar-refractivity contribution >= 4 is 21.9 Å². The molecular weight excluding hydrogens is 246 g/mol. The number of hydrogen-bond donors (Lipinski definition) is 0. The van der Waals surface area contributed by atoms with Crippen molar-refractivity contribution in [2.24, 2.45) is 0 Å². The second-order valence-corrected chi connectivity index (χ2v) is 4.81. The molecule has 0 amide bonds. The van der Waals surface area contributed by atoms with Crippen molar-refractivity contribution in [2.75, 3.05) is 26.7 Å². The van der Waals surface area contributed by atoms with Gasteiger partial charge in [0.25, 0.3) is 0 Å².